The van der Waals surface area contributed by atoms with Gasteiger partial charge >= 0.3 is 0 Å². The van der Waals surface area contributed by atoms with E-state index in [1.807, 2.05) is 86.3 Å². The summed E-state index contributed by atoms with van der Waals surface area (Å²) in [6, 6.07) is 21.5. The zero-order valence-electron chi connectivity index (χ0n) is 17.3. The second kappa shape index (κ2) is 8.36. The molecular weight excluding hydrogens is 392 g/mol. The maximum atomic E-state index is 12.7. The maximum Gasteiger partial charge on any atom is 0.255 e. The van der Waals surface area contributed by atoms with E-state index in [0.717, 1.165) is 33.6 Å². The van der Waals surface area contributed by atoms with E-state index in [0.29, 0.717) is 11.3 Å². The number of aryl methyl sites for hydroxylation is 3. The highest BCUT2D eigenvalue weighted by atomic mass is 32.2. The predicted octanol–water partition coefficient (Wildman–Crippen LogP) is 5.64. The molecule has 4 rings (SSSR count). The Morgan fingerprint density at radius 3 is 2.43 bits per heavy atom. The van der Waals surface area contributed by atoms with Crippen LogP contribution in [-0.2, 0) is 4.79 Å². The van der Waals surface area contributed by atoms with Crippen molar-refractivity contribution in [2.75, 3.05) is 16.0 Å². The van der Waals surface area contributed by atoms with Crippen LogP contribution in [0.15, 0.2) is 66.7 Å². The molecule has 30 heavy (non-hydrogen) atoms. The Morgan fingerprint density at radius 1 is 0.967 bits per heavy atom. The second-order valence-electron chi connectivity index (χ2n) is 7.67. The molecule has 2 amide bonds. The van der Waals surface area contributed by atoms with Crippen molar-refractivity contribution in [1.29, 1.82) is 0 Å². The highest BCUT2D eigenvalue weighted by Gasteiger charge is 2.34. The standard InChI is InChI=1S/C25H24N2O2S/c1-16-11-17(2)13-21(12-16)27-23(28)15-30-25(27)19-8-6-9-20(14-19)26-24(29)22-10-5-4-7-18(22)3/h4-14,25H,15H2,1-3H3,(H,26,29)/t25-/m1/s1. The lowest BCUT2D eigenvalue weighted by Crippen LogP contribution is -2.28. The molecule has 3 aromatic carbocycles. The Balaban J connectivity index is 1.62. The summed E-state index contributed by atoms with van der Waals surface area (Å²) in [4.78, 5) is 27.3. The summed E-state index contributed by atoms with van der Waals surface area (Å²) >= 11 is 1.61. The van der Waals surface area contributed by atoms with Gasteiger partial charge in [-0.3, -0.25) is 14.5 Å². The Kier molecular flexibility index (Phi) is 5.64. The van der Waals surface area contributed by atoms with Gasteiger partial charge in [0.15, 0.2) is 0 Å². The molecule has 3 aromatic rings. The lowest BCUT2D eigenvalue weighted by Gasteiger charge is -2.25. The number of anilines is 2. The fourth-order valence-electron chi connectivity index (χ4n) is 3.84. The van der Waals surface area contributed by atoms with Crippen LogP contribution in [0.3, 0.4) is 0 Å². The molecule has 0 radical (unpaired) electrons. The van der Waals surface area contributed by atoms with E-state index in [-0.39, 0.29) is 17.2 Å². The Hall–Kier alpha value is -3.05. The number of rotatable bonds is 4. The van der Waals surface area contributed by atoms with E-state index in [4.69, 9.17) is 0 Å². The number of hydrogen-bond donors (Lipinski definition) is 1. The monoisotopic (exact) mass is 416 g/mol. The first-order valence-electron chi connectivity index (χ1n) is 9.91. The molecular formula is C25H24N2O2S. The first-order valence-corrected chi connectivity index (χ1v) is 11.0. The number of amides is 2. The van der Waals surface area contributed by atoms with Crippen LogP contribution < -0.4 is 10.2 Å². The molecule has 0 bridgehead atoms. The maximum absolute atomic E-state index is 12.7. The third-order valence-electron chi connectivity index (χ3n) is 5.17. The van der Waals surface area contributed by atoms with Gasteiger partial charge < -0.3 is 5.32 Å². The largest absolute Gasteiger partial charge is 0.322 e. The van der Waals surface area contributed by atoms with Gasteiger partial charge in [0.2, 0.25) is 5.91 Å². The van der Waals surface area contributed by atoms with Gasteiger partial charge in [0, 0.05) is 16.9 Å². The highest BCUT2D eigenvalue weighted by molar-refractivity contribution is 8.00. The quantitative estimate of drug-likeness (QED) is 0.598. The fourth-order valence-corrected chi connectivity index (χ4v) is 5.00. The van der Waals surface area contributed by atoms with Crippen molar-refractivity contribution in [2.45, 2.75) is 26.1 Å². The van der Waals surface area contributed by atoms with Crippen molar-refractivity contribution in [3.05, 3.63) is 94.5 Å². The lowest BCUT2D eigenvalue weighted by molar-refractivity contribution is -0.115. The molecule has 152 valence electrons. The van der Waals surface area contributed by atoms with Crippen LogP contribution in [0.1, 0.15) is 38.0 Å². The molecule has 0 saturated carbocycles. The van der Waals surface area contributed by atoms with Crippen LogP contribution in [0, 0.1) is 20.8 Å². The molecule has 4 nitrogen and oxygen atoms in total. The van der Waals surface area contributed by atoms with Gasteiger partial charge in [0.05, 0.1) is 5.75 Å². The van der Waals surface area contributed by atoms with Crippen LogP contribution in [0.2, 0.25) is 0 Å². The number of nitrogens with one attached hydrogen (secondary N) is 1. The summed E-state index contributed by atoms with van der Waals surface area (Å²) in [6.07, 6.45) is 0. The van der Waals surface area contributed by atoms with Crippen LogP contribution >= 0.6 is 11.8 Å². The van der Waals surface area contributed by atoms with Crippen molar-refractivity contribution in [3.63, 3.8) is 0 Å². The molecule has 1 atom stereocenters. The number of carbonyl (C=O) groups is 2. The Labute approximate surface area is 181 Å². The van der Waals surface area contributed by atoms with Gasteiger partial charge in [-0.05, 0) is 73.4 Å². The fraction of sp³-hybridized carbons (Fsp3) is 0.200. The lowest BCUT2D eigenvalue weighted by atomic mass is 10.1. The number of thioether (sulfide) groups is 1. The van der Waals surface area contributed by atoms with Gasteiger partial charge in [0.25, 0.3) is 5.91 Å². The summed E-state index contributed by atoms with van der Waals surface area (Å²) in [5, 5.41) is 2.88. The van der Waals surface area contributed by atoms with E-state index in [1.54, 1.807) is 11.8 Å². The summed E-state index contributed by atoms with van der Waals surface area (Å²) < 4.78 is 0. The zero-order chi connectivity index (χ0) is 21.3. The smallest absolute Gasteiger partial charge is 0.255 e. The molecule has 0 spiro atoms. The van der Waals surface area contributed by atoms with Crippen molar-refractivity contribution in [2.24, 2.45) is 0 Å². The first kappa shape index (κ1) is 20.2. The normalized spacial score (nSPS) is 16.0. The van der Waals surface area contributed by atoms with Gasteiger partial charge in [-0.25, -0.2) is 0 Å². The first-order chi connectivity index (χ1) is 14.4. The minimum atomic E-state index is -0.133. The van der Waals surface area contributed by atoms with Gasteiger partial charge in [-0.15, -0.1) is 11.8 Å². The summed E-state index contributed by atoms with van der Waals surface area (Å²) in [7, 11) is 0. The Morgan fingerprint density at radius 2 is 1.70 bits per heavy atom. The minimum absolute atomic E-state index is 0.101. The predicted molar refractivity (Wildman–Crippen MR) is 124 cm³/mol. The SMILES string of the molecule is Cc1cc(C)cc(N2C(=O)CS[C@@H]2c2cccc(NC(=O)c3ccccc3C)c2)c1. The summed E-state index contributed by atoms with van der Waals surface area (Å²) in [6.45, 7) is 6.01. The van der Waals surface area contributed by atoms with E-state index >= 15 is 0 Å². The van der Waals surface area contributed by atoms with Crippen molar-refractivity contribution < 1.29 is 9.59 Å². The van der Waals surface area contributed by atoms with Crippen LogP contribution in [0.4, 0.5) is 11.4 Å². The average molecular weight is 417 g/mol. The van der Waals surface area contributed by atoms with Crippen LogP contribution in [0.25, 0.3) is 0 Å². The topological polar surface area (TPSA) is 49.4 Å². The molecule has 1 fully saturated rings. The number of nitrogens with zero attached hydrogens (tertiary/aromatic N) is 1. The van der Waals surface area contributed by atoms with Crippen molar-refractivity contribution in [3.8, 4) is 0 Å². The molecule has 1 N–H and O–H groups in total. The van der Waals surface area contributed by atoms with Gasteiger partial charge in [0.1, 0.15) is 5.37 Å². The van der Waals surface area contributed by atoms with E-state index < -0.39 is 0 Å². The number of carbonyl (C=O) groups excluding carboxylic acids is 2. The molecule has 1 saturated heterocycles. The molecule has 0 aliphatic carbocycles. The third kappa shape index (κ3) is 4.12. The molecule has 0 unspecified atom stereocenters. The number of hydrogen-bond acceptors (Lipinski definition) is 3. The van der Waals surface area contributed by atoms with E-state index in [2.05, 4.69) is 11.4 Å². The third-order valence-corrected chi connectivity index (χ3v) is 6.38. The summed E-state index contributed by atoms with van der Waals surface area (Å²) in [5.41, 5.74) is 6.49. The van der Waals surface area contributed by atoms with Crippen molar-refractivity contribution in [1.82, 2.24) is 0 Å². The summed E-state index contributed by atoms with van der Waals surface area (Å²) in [5.74, 6) is 0.410. The Bertz CT molecular complexity index is 1110. The zero-order valence-corrected chi connectivity index (χ0v) is 18.1. The molecule has 1 aliphatic rings. The van der Waals surface area contributed by atoms with Crippen LogP contribution in [0.5, 0.6) is 0 Å². The highest BCUT2D eigenvalue weighted by Crippen LogP contribution is 2.42. The van der Waals surface area contributed by atoms with Crippen molar-refractivity contribution >= 4 is 35.0 Å². The van der Waals surface area contributed by atoms with E-state index in [1.165, 1.54) is 0 Å². The molecule has 1 aliphatic heterocycles. The van der Waals surface area contributed by atoms with Gasteiger partial charge in [-0.1, -0.05) is 36.4 Å². The molecule has 0 aromatic heterocycles. The van der Waals surface area contributed by atoms with Gasteiger partial charge in [-0.2, -0.15) is 0 Å². The number of benzene rings is 3. The van der Waals surface area contributed by atoms with Crippen LogP contribution in [-0.4, -0.2) is 17.6 Å². The molecule has 5 heteroatoms. The second-order valence-corrected chi connectivity index (χ2v) is 8.74. The molecule has 1 heterocycles. The van der Waals surface area contributed by atoms with E-state index in [9.17, 15) is 9.59 Å². The minimum Gasteiger partial charge on any atom is -0.322 e. The average Bonchev–Trinajstić information content (AvgIpc) is 3.09.